The number of esters is 1. The Morgan fingerprint density at radius 3 is 2.43 bits per heavy atom. The molecule has 142 valence electrons. The van der Waals surface area contributed by atoms with Gasteiger partial charge in [0.15, 0.2) is 12.4 Å². The molecule has 1 heterocycles. The molecule has 0 aliphatic heterocycles. The van der Waals surface area contributed by atoms with Gasteiger partial charge in [-0.3, -0.25) is 4.79 Å². The summed E-state index contributed by atoms with van der Waals surface area (Å²) in [6, 6.07) is 17.6. The third-order valence-corrected chi connectivity index (χ3v) is 3.81. The first-order valence-electron chi connectivity index (χ1n) is 8.65. The number of rotatable bonds is 7. The van der Waals surface area contributed by atoms with Gasteiger partial charge in [-0.15, -0.1) is 4.68 Å². The first-order valence-corrected chi connectivity index (χ1v) is 8.65. The predicted molar refractivity (Wildman–Crippen MR) is 98.0 cm³/mol. The Labute approximate surface area is 161 Å². The fourth-order valence-electron chi connectivity index (χ4n) is 2.48. The highest BCUT2D eigenvalue weighted by Crippen LogP contribution is 2.11. The minimum atomic E-state index is -0.852. The van der Waals surface area contributed by atoms with E-state index in [1.54, 1.807) is 49.4 Å². The number of aromatic nitrogens is 3. The molecule has 0 radical (unpaired) electrons. The number of carbonyl (C=O) groups excluding carboxylic acids is 2. The van der Waals surface area contributed by atoms with Crippen LogP contribution in [0.1, 0.15) is 33.3 Å². The molecule has 2 aromatic carbocycles. The van der Waals surface area contributed by atoms with Crippen LogP contribution in [0, 0.1) is 0 Å². The zero-order valence-electron chi connectivity index (χ0n) is 15.2. The van der Waals surface area contributed by atoms with E-state index in [1.165, 1.54) is 6.21 Å². The second kappa shape index (κ2) is 8.72. The minimum absolute atomic E-state index is 0.0867. The van der Waals surface area contributed by atoms with Crippen LogP contribution in [0.2, 0.25) is 0 Å². The van der Waals surface area contributed by atoms with E-state index in [1.807, 2.05) is 18.2 Å². The van der Waals surface area contributed by atoms with Crippen molar-refractivity contribution in [3.05, 3.63) is 77.5 Å². The van der Waals surface area contributed by atoms with E-state index >= 15 is 0 Å². The molecule has 0 N–H and O–H groups in total. The zero-order chi connectivity index (χ0) is 19.9. The summed E-state index contributed by atoms with van der Waals surface area (Å²) >= 11 is 0. The van der Waals surface area contributed by atoms with E-state index in [0.717, 1.165) is 15.0 Å². The van der Waals surface area contributed by atoms with Crippen molar-refractivity contribution in [2.24, 2.45) is 5.10 Å². The molecule has 3 rings (SSSR count). The van der Waals surface area contributed by atoms with Gasteiger partial charge in [-0.25, -0.2) is 4.79 Å². The molecule has 0 spiro atoms. The lowest BCUT2D eigenvalue weighted by Crippen LogP contribution is -2.45. The summed E-state index contributed by atoms with van der Waals surface area (Å²) < 4.78 is 5.96. The number of hydrogen-bond donors (Lipinski definition) is 0. The molecule has 3 aromatic rings. The van der Waals surface area contributed by atoms with Crippen molar-refractivity contribution in [1.29, 1.82) is 0 Å². The standard InChI is InChI=1S/C20H18N4O4/c1-2-28-20(27)18-19(26)24(21-13-15-9-5-3-6-10-15)22-23(18)14-17(25)16-11-7-4-8-12-16/h3-13H,2,14H2,1H3/b21-13+. The van der Waals surface area contributed by atoms with E-state index in [-0.39, 0.29) is 24.6 Å². The number of ether oxygens (including phenoxy) is 1. The highest BCUT2D eigenvalue weighted by Gasteiger charge is 2.29. The molecule has 1 aromatic heterocycles. The summed E-state index contributed by atoms with van der Waals surface area (Å²) in [7, 11) is 0. The van der Waals surface area contributed by atoms with Gasteiger partial charge in [0.05, 0.1) is 12.8 Å². The van der Waals surface area contributed by atoms with Crippen molar-refractivity contribution in [3.63, 3.8) is 0 Å². The highest BCUT2D eigenvalue weighted by molar-refractivity contribution is 5.95. The quantitative estimate of drug-likeness (QED) is 0.266. The molecular weight excluding hydrogens is 360 g/mol. The predicted octanol–water partition coefficient (Wildman–Crippen LogP) is 1.19. The Morgan fingerprint density at radius 1 is 1.14 bits per heavy atom. The second-order valence-corrected chi connectivity index (χ2v) is 5.76. The Bertz CT molecular complexity index is 998. The normalized spacial score (nSPS) is 10.9. The Morgan fingerprint density at radius 2 is 1.79 bits per heavy atom. The number of nitrogens with zero attached hydrogens (tertiary/aromatic N) is 4. The maximum atomic E-state index is 12.6. The lowest BCUT2D eigenvalue weighted by molar-refractivity contribution is -0.745. The summed E-state index contributed by atoms with van der Waals surface area (Å²) in [6.45, 7) is 1.42. The number of hydrogen-bond acceptors (Lipinski definition) is 6. The zero-order valence-corrected chi connectivity index (χ0v) is 15.2. The summed E-state index contributed by atoms with van der Waals surface area (Å²) in [4.78, 5) is 25.5. The maximum absolute atomic E-state index is 12.6. The minimum Gasteiger partial charge on any atom is -0.836 e. The topological polar surface area (TPSA) is 100 Å². The van der Waals surface area contributed by atoms with Crippen molar-refractivity contribution in [2.75, 3.05) is 6.61 Å². The van der Waals surface area contributed by atoms with Crippen LogP contribution in [0.25, 0.3) is 0 Å². The third-order valence-electron chi connectivity index (χ3n) is 3.81. The Hall–Kier alpha value is -3.81. The molecule has 0 saturated heterocycles. The lowest BCUT2D eigenvalue weighted by atomic mass is 10.1. The number of ketones is 1. The number of carbonyl (C=O) groups is 2. The van der Waals surface area contributed by atoms with Crippen molar-refractivity contribution in [2.45, 2.75) is 13.5 Å². The van der Waals surface area contributed by atoms with Crippen LogP contribution in [-0.4, -0.2) is 34.6 Å². The van der Waals surface area contributed by atoms with Crippen molar-refractivity contribution in [3.8, 4) is 5.88 Å². The Kier molecular flexibility index (Phi) is 5.91. The van der Waals surface area contributed by atoms with E-state index in [0.29, 0.717) is 5.56 Å². The van der Waals surface area contributed by atoms with Crippen LogP contribution in [0.5, 0.6) is 5.88 Å². The van der Waals surface area contributed by atoms with Gasteiger partial charge in [-0.05, 0) is 17.3 Å². The van der Waals surface area contributed by atoms with Gasteiger partial charge in [0.2, 0.25) is 5.78 Å². The van der Waals surface area contributed by atoms with Gasteiger partial charge >= 0.3 is 5.97 Å². The first kappa shape index (κ1) is 19.0. The molecule has 0 saturated carbocycles. The number of Topliss-reactive ketones (excluding diaryl/α,β-unsaturated/α-hetero) is 1. The van der Waals surface area contributed by atoms with Gasteiger partial charge in [-0.1, -0.05) is 65.8 Å². The summed E-state index contributed by atoms with van der Waals surface area (Å²) in [6.07, 6.45) is 1.44. The number of benzene rings is 2. The van der Waals surface area contributed by atoms with Gasteiger partial charge in [-0.2, -0.15) is 0 Å². The third kappa shape index (κ3) is 4.29. The molecular formula is C20H18N4O4. The summed E-state index contributed by atoms with van der Waals surface area (Å²) in [5.41, 5.74) is 0.845. The smallest absolute Gasteiger partial charge is 0.383 e. The molecule has 0 amide bonds. The monoisotopic (exact) mass is 378 g/mol. The van der Waals surface area contributed by atoms with Crippen LogP contribution in [0.15, 0.2) is 65.8 Å². The van der Waals surface area contributed by atoms with Crippen molar-refractivity contribution < 1.29 is 24.1 Å². The van der Waals surface area contributed by atoms with Crippen LogP contribution < -0.4 is 9.79 Å². The van der Waals surface area contributed by atoms with Gasteiger partial charge in [0.25, 0.3) is 5.69 Å². The molecule has 0 fully saturated rings. The molecule has 0 atom stereocenters. The van der Waals surface area contributed by atoms with Crippen LogP contribution in [0.3, 0.4) is 0 Å². The van der Waals surface area contributed by atoms with Crippen LogP contribution in [0.4, 0.5) is 0 Å². The van der Waals surface area contributed by atoms with E-state index in [4.69, 9.17) is 4.74 Å². The fourth-order valence-corrected chi connectivity index (χ4v) is 2.48. The summed E-state index contributed by atoms with van der Waals surface area (Å²) in [5.74, 6) is -1.91. The average Bonchev–Trinajstić information content (AvgIpc) is 3.03. The average molecular weight is 378 g/mol. The first-order chi connectivity index (χ1) is 13.6. The Balaban J connectivity index is 1.94. The molecule has 0 aliphatic carbocycles. The summed E-state index contributed by atoms with van der Waals surface area (Å²) in [5, 5.41) is 20.6. The van der Waals surface area contributed by atoms with Crippen molar-refractivity contribution >= 4 is 18.0 Å². The molecule has 28 heavy (non-hydrogen) atoms. The largest absolute Gasteiger partial charge is 0.836 e. The molecule has 0 bridgehead atoms. The van der Waals surface area contributed by atoms with Crippen LogP contribution in [-0.2, 0) is 11.3 Å². The van der Waals surface area contributed by atoms with E-state index in [2.05, 4.69) is 10.3 Å². The van der Waals surface area contributed by atoms with Gasteiger partial charge < -0.3 is 9.84 Å². The van der Waals surface area contributed by atoms with Gasteiger partial charge in [0.1, 0.15) is 5.21 Å². The molecule has 0 unspecified atom stereocenters. The second-order valence-electron chi connectivity index (χ2n) is 5.76. The SMILES string of the molecule is CCOC(=O)c1c([O-])n(/N=C/c2ccccc2)n[n+]1CC(=O)c1ccccc1. The van der Waals surface area contributed by atoms with Gasteiger partial charge in [0, 0.05) is 5.56 Å². The molecule has 8 nitrogen and oxygen atoms in total. The highest BCUT2D eigenvalue weighted by atomic mass is 16.5. The van der Waals surface area contributed by atoms with Crippen molar-refractivity contribution in [1.82, 2.24) is 10.0 Å². The molecule has 0 aliphatic rings. The maximum Gasteiger partial charge on any atom is 0.383 e. The van der Waals surface area contributed by atoms with E-state index in [9.17, 15) is 14.7 Å². The lowest BCUT2D eigenvalue weighted by Gasteiger charge is -2.03. The van der Waals surface area contributed by atoms with Crippen LogP contribution >= 0.6 is 0 Å². The molecule has 8 heteroatoms. The van der Waals surface area contributed by atoms with E-state index < -0.39 is 11.8 Å². The fraction of sp³-hybridized carbons (Fsp3) is 0.150.